The van der Waals surface area contributed by atoms with E-state index in [9.17, 15) is 4.39 Å². The van der Waals surface area contributed by atoms with Gasteiger partial charge in [-0.05, 0) is 60.7 Å². The first kappa shape index (κ1) is 14.6. The van der Waals surface area contributed by atoms with Crippen LogP contribution in [-0.2, 0) is 12.8 Å². The summed E-state index contributed by atoms with van der Waals surface area (Å²) in [4.78, 5) is 12.6. The van der Waals surface area contributed by atoms with Crippen LogP contribution in [0.4, 0.5) is 4.39 Å². The largest absolute Gasteiger partial charge is 0.225 e. The zero-order valence-electron chi connectivity index (χ0n) is 13.2. The van der Waals surface area contributed by atoms with Crippen LogP contribution in [0.25, 0.3) is 27.4 Å². The van der Waals surface area contributed by atoms with Gasteiger partial charge in [-0.3, -0.25) is 0 Å². The van der Waals surface area contributed by atoms with E-state index < -0.39 is 0 Å². The molecular weight excluding hydrogens is 339 g/mol. The Kier molecular flexibility index (Phi) is 3.30. The molecule has 1 aliphatic rings. The van der Waals surface area contributed by atoms with Crippen LogP contribution in [0, 0.1) is 5.82 Å². The summed E-state index contributed by atoms with van der Waals surface area (Å²) >= 11 is 1.73. The van der Waals surface area contributed by atoms with Crippen LogP contribution in [0.3, 0.4) is 0 Å². The molecule has 6 nitrogen and oxygen atoms in total. The normalized spacial score (nSPS) is 14.0. The highest BCUT2D eigenvalue weighted by Crippen LogP contribution is 2.37. The lowest BCUT2D eigenvalue weighted by Crippen LogP contribution is -2.05. The SMILES string of the molecule is Fc1ccc(-c2nnn(-c3ncnc4sc5c(c34)CCCC5)n2)cc1. The van der Waals surface area contributed by atoms with Gasteiger partial charge >= 0.3 is 0 Å². The van der Waals surface area contributed by atoms with Crippen LogP contribution in [0.15, 0.2) is 30.6 Å². The summed E-state index contributed by atoms with van der Waals surface area (Å²) in [6.45, 7) is 0. The molecule has 0 fully saturated rings. The Morgan fingerprint density at radius 2 is 1.88 bits per heavy atom. The minimum absolute atomic E-state index is 0.293. The summed E-state index contributed by atoms with van der Waals surface area (Å²) in [7, 11) is 0. The van der Waals surface area contributed by atoms with Gasteiger partial charge in [0.15, 0.2) is 5.82 Å². The molecule has 124 valence electrons. The zero-order valence-corrected chi connectivity index (χ0v) is 14.0. The third kappa shape index (κ3) is 2.41. The summed E-state index contributed by atoms with van der Waals surface area (Å²) in [5, 5.41) is 13.7. The van der Waals surface area contributed by atoms with Gasteiger partial charge in [0.2, 0.25) is 5.82 Å². The van der Waals surface area contributed by atoms with Crippen molar-refractivity contribution in [2.45, 2.75) is 25.7 Å². The summed E-state index contributed by atoms with van der Waals surface area (Å²) in [6.07, 6.45) is 6.08. The summed E-state index contributed by atoms with van der Waals surface area (Å²) in [5.74, 6) is 0.805. The maximum atomic E-state index is 13.1. The first-order chi connectivity index (χ1) is 12.3. The number of hydrogen-bond acceptors (Lipinski definition) is 6. The Morgan fingerprint density at radius 1 is 1.04 bits per heavy atom. The Morgan fingerprint density at radius 3 is 2.76 bits per heavy atom. The van der Waals surface area contributed by atoms with Crippen molar-refractivity contribution in [3.05, 3.63) is 46.9 Å². The molecule has 5 rings (SSSR count). The van der Waals surface area contributed by atoms with Crippen LogP contribution in [0.2, 0.25) is 0 Å². The molecule has 0 unspecified atom stereocenters. The Bertz CT molecular complexity index is 1070. The molecule has 4 aromatic rings. The number of tetrazole rings is 1. The average molecular weight is 352 g/mol. The second-order valence-corrected chi connectivity index (χ2v) is 7.08. The second-order valence-electron chi connectivity index (χ2n) is 6.00. The fourth-order valence-corrected chi connectivity index (χ4v) is 4.47. The van der Waals surface area contributed by atoms with E-state index in [1.165, 1.54) is 40.2 Å². The summed E-state index contributed by atoms with van der Waals surface area (Å²) in [6, 6.07) is 6.04. The van der Waals surface area contributed by atoms with Crippen molar-refractivity contribution in [2.75, 3.05) is 0 Å². The van der Waals surface area contributed by atoms with Gasteiger partial charge in [-0.25, -0.2) is 14.4 Å². The first-order valence-corrected chi connectivity index (χ1v) is 8.93. The second kappa shape index (κ2) is 5.66. The molecule has 0 N–H and O–H groups in total. The van der Waals surface area contributed by atoms with Gasteiger partial charge in [0.1, 0.15) is 17.0 Å². The van der Waals surface area contributed by atoms with Crippen LogP contribution in [-0.4, -0.2) is 30.2 Å². The van der Waals surface area contributed by atoms with E-state index in [4.69, 9.17) is 0 Å². The molecule has 1 aromatic carbocycles. The van der Waals surface area contributed by atoms with Crippen molar-refractivity contribution < 1.29 is 4.39 Å². The monoisotopic (exact) mass is 352 g/mol. The van der Waals surface area contributed by atoms with E-state index in [1.807, 2.05) is 0 Å². The van der Waals surface area contributed by atoms with Crippen molar-refractivity contribution >= 4 is 21.6 Å². The summed E-state index contributed by atoms with van der Waals surface area (Å²) in [5.41, 5.74) is 2.03. The number of hydrogen-bond donors (Lipinski definition) is 0. The Balaban J connectivity index is 1.64. The van der Waals surface area contributed by atoms with E-state index in [-0.39, 0.29) is 5.82 Å². The van der Waals surface area contributed by atoms with E-state index in [0.29, 0.717) is 17.2 Å². The molecule has 0 saturated carbocycles. The van der Waals surface area contributed by atoms with Crippen LogP contribution >= 0.6 is 11.3 Å². The minimum Gasteiger partial charge on any atom is -0.225 e. The van der Waals surface area contributed by atoms with Gasteiger partial charge < -0.3 is 0 Å². The molecule has 1 aliphatic carbocycles. The Hall–Kier alpha value is -2.74. The maximum absolute atomic E-state index is 13.1. The van der Waals surface area contributed by atoms with Gasteiger partial charge in [-0.2, -0.15) is 0 Å². The lowest BCUT2D eigenvalue weighted by Gasteiger charge is -2.10. The first-order valence-electron chi connectivity index (χ1n) is 8.11. The lowest BCUT2D eigenvalue weighted by molar-refractivity contribution is 0.628. The molecule has 0 amide bonds. The van der Waals surface area contributed by atoms with Gasteiger partial charge in [-0.15, -0.1) is 26.3 Å². The number of rotatable bonds is 2. The van der Waals surface area contributed by atoms with Crippen LogP contribution < -0.4 is 0 Å². The number of nitrogens with zero attached hydrogens (tertiary/aromatic N) is 6. The molecule has 0 bridgehead atoms. The molecule has 3 aromatic heterocycles. The number of fused-ring (bicyclic) bond motifs is 3. The van der Waals surface area contributed by atoms with E-state index in [2.05, 4.69) is 25.4 Å². The fraction of sp³-hybridized carbons (Fsp3) is 0.235. The molecule has 0 spiro atoms. The molecule has 0 atom stereocenters. The number of aryl methyl sites for hydroxylation is 2. The molecule has 8 heteroatoms. The predicted octanol–water partition coefficient (Wildman–Crippen LogP) is 3.35. The topological polar surface area (TPSA) is 69.4 Å². The fourth-order valence-electron chi connectivity index (χ4n) is 3.24. The number of aromatic nitrogens is 6. The lowest BCUT2D eigenvalue weighted by atomic mass is 9.97. The zero-order chi connectivity index (χ0) is 16.8. The quantitative estimate of drug-likeness (QED) is 0.553. The summed E-state index contributed by atoms with van der Waals surface area (Å²) < 4.78 is 13.1. The van der Waals surface area contributed by atoms with Crippen LogP contribution in [0.5, 0.6) is 0 Å². The van der Waals surface area contributed by atoms with E-state index in [0.717, 1.165) is 23.1 Å². The standard InChI is InChI=1S/C17H13FN6S/c18-11-7-5-10(6-8-11)15-21-23-24(22-15)16-14-12-3-1-2-4-13(12)25-17(14)20-9-19-16/h5-9H,1-4H2. The highest BCUT2D eigenvalue weighted by Gasteiger charge is 2.21. The third-order valence-corrected chi connectivity index (χ3v) is 5.64. The maximum Gasteiger partial charge on any atom is 0.205 e. The van der Waals surface area contributed by atoms with E-state index in [1.54, 1.807) is 29.8 Å². The Labute approximate surface area is 146 Å². The molecule has 3 heterocycles. The molecule has 0 aliphatic heterocycles. The van der Waals surface area contributed by atoms with Crippen molar-refractivity contribution in [2.24, 2.45) is 0 Å². The van der Waals surface area contributed by atoms with Crippen molar-refractivity contribution in [3.8, 4) is 17.2 Å². The van der Waals surface area contributed by atoms with Crippen molar-refractivity contribution in [1.82, 2.24) is 30.2 Å². The smallest absolute Gasteiger partial charge is 0.205 e. The third-order valence-electron chi connectivity index (χ3n) is 4.44. The number of benzene rings is 1. The van der Waals surface area contributed by atoms with Gasteiger partial charge in [0.25, 0.3) is 0 Å². The minimum atomic E-state index is -0.293. The number of halogens is 1. The molecule has 25 heavy (non-hydrogen) atoms. The predicted molar refractivity (Wildman–Crippen MR) is 92.2 cm³/mol. The van der Waals surface area contributed by atoms with Crippen molar-refractivity contribution in [3.63, 3.8) is 0 Å². The van der Waals surface area contributed by atoms with Gasteiger partial charge in [-0.1, -0.05) is 0 Å². The highest BCUT2D eigenvalue weighted by atomic mass is 32.1. The van der Waals surface area contributed by atoms with E-state index >= 15 is 0 Å². The molecule has 0 saturated heterocycles. The molecular formula is C17H13FN6S. The average Bonchev–Trinajstić information content (AvgIpc) is 3.27. The van der Waals surface area contributed by atoms with Crippen LogP contribution in [0.1, 0.15) is 23.3 Å². The van der Waals surface area contributed by atoms with Gasteiger partial charge in [0, 0.05) is 10.4 Å². The number of thiophene rings is 1. The molecule has 0 radical (unpaired) electrons. The van der Waals surface area contributed by atoms with Crippen molar-refractivity contribution in [1.29, 1.82) is 0 Å². The van der Waals surface area contributed by atoms with Gasteiger partial charge in [0.05, 0.1) is 5.39 Å². The highest BCUT2D eigenvalue weighted by molar-refractivity contribution is 7.18.